The summed E-state index contributed by atoms with van der Waals surface area (Å²) in [5.74, 6) is 0.715. The van der Waals surface area contributed by atoms with Gasteiger partial charge in [-0.25, -0.2) is 13.1 Å². The van der Waals surface area contributed by atoms with E-state index in [1.807, 2.05) is 31.2 Å². The third-order valence-electron chi connectivity index (χ3n) is 2.87. The average Bonchev–Trinajstić information content (AvgIpc) is 2.46. The van der Waals surface area contributed by atoms with Crippen LogP contribution >= 0.6 is 0 Å². The normalized spacial score (nSPS) is 11.3. The molecule has 5 nitrogen and oxygen atoms in total. The van der Waals surface area contributed by atoms with Crippen molar-refractivity contribution in [3.8, 4) is 5.75 Å². The number of benzene rings is 2. The number of nitrogen functional groups attached to an aromatic ring is 1. The van der Waals surface area contributed by atoms with Crippen LogP contribution in [0.3, 0.4) is 0 Å². The Labute approximate surface area is 124 Å². The topological polar surface area (TPSA) is 81.4 Å². The van der Waals surface area contributed by atoms with Gasteiger partial charge in [-0.2, -0.15) is 0 Å². The molecule has 3 N–H and O–H groups in total. The molecule has 0 amide bonds. The van der Waals surface area contributed by atoms with Gasteiger partial charge in [-0.1, -0.05) is 17.7 Å². The number of aryl methyl sites for hydroxylation is 1. The van der Waals surface area contributed by atoms with Gasteiger partial charge in [0.25, 0.3) is 0 Å². The van der Waals surface area contributed by atoms with Gasteiger partial charge in [0.15, 0.2) is 0 Å². The molecular weight excluding hydrogens is 288 g/mol. The molecule has 0 aliphatic rings. The molecule has 0 fully saturated rings. The van der Waals surface area contributed by atoms with Crippen molar-refractivity contribution in [1.82, 2.24) is 4.72 Å². The summed E-state index contributed by atoms with van der Waals surface area (Å²) in [4.78, 5) is 0.187. The highest BCUT2D eigenvalue weighted by atomic mass is 32.2. The minimum Gasteiger partial charge on any atom is -0.492 e. The summed E-state index contributed by atoms with van der Waals surface area (Å²) in [6, 6.07) is 13.6. The van der Waals surface area contributed by atoms with Crippen LogP contribution in [0.5, 0.6) is 5.75 Å². The first kappa shape index (κ1) is 15.3. The first-order chi connectivity index (χ1) is 9.97. The number of nitrogens with two attached hydrogens (primary N) is 1. The number of hydrogen-bond acceptors (Lipinski definition) is 4. The zero-order valence-electron chi connectivity index (χ0n) is 11.7. The first-order valence-electron chi connectivity index (χ1n) is 6.52. The van der Waals surface area contributed by atoms with Crippen LogP contribution in [0.4, 0.5) is 5.69 Å². The number of nitrogens with one attached hydrogen (secondary N) is 1. The zero-order chi connectivity index (χ0) is 15.3. The molecule has 2 rings (SSSR count). The Balaban J connectivity index is 1.85. The van der Waals surface area contributed by atoms with Crippen LogP contribution in [0.15, 0.2) is 53.4 Å². The Morgan fingerprint density at radius 1 is 1.05 bits per heavy atom. The van der Waals surface area contributed by atoms with E-state index < -0.39 is 10.0 Å². The molecule has 2 aromatic rings. The molecule has 0 saturated heterocycles. The summed E-state index contributed by atoms with van der Waals surface area (Å²) in [5.41, 5.74) is 7.20. The van der Waals surface area contributed by atoms with Crippen molar-refractivity contribution in [3.05, 3.63) is 54.1 Å². The number of sulfonamides is 1. The van der Waals surface area contributed by atoms with Crippen molar-refractivity contribution < 1.29 is 13.2 Å². The van der Waals surface area contributed by atoms with Crippen molar-refractivity contribution in [2.24, 2.45) is 0 Å². The van der Waals surface area contributed by atoms with Gasteiger partial charge in [-0.3, -0.25) is 0 Å². The summed E-state index contributed by atoms with van der Waals surface area (Å²) in [6.07, 6.45) is 0. The monoisotopic (exact) mass is 306 g/mol. The molecule has 6 heteroatoms. The van der Waals surface area contributed by atoms with Gasteiger partial charge in [0.2, 0.25) is 10.0 Å². The van der Waals surface area contributed by atoms with Crippen LogP contribution in [0.2, 0.25) is 0 Å². The quantitative estimate of drug-likeness (QED) is 0.631. The van der Waals surface area contributed by atoms with Crippen LogP contribution in [0.25, 0.3) is 0 Å². The van der Waals surface area contributed by atoms with E-state index in [1.165, 1.54) is 12.1 Å². The van der Waals surface area contributed by atoms with Gasteiger partial charge in [0.1, 0.15) is 12.4 Å². The molecule has 0 aliphatic heterocycles. The lowest BCUT2D eigenvalue weighted by Gasteiger charge is -2.09. The molecule has 0 aromatic heterocycles. The predicted molar refractivity (Wildman–Crippen MR) is 82.7 cm³/mol. The first-order valence-corrected chi connectivity index (χ1v) is 8.00. The average molecular weight is 306 g/mol. The molecule has 0 spiro atoms. The van der Waals surface area contributed by atoms with E-state index in [4.69, 9.17) is 10.5 Å². The van der Waals surface area contributed by atoms with Gasteiger partial charge in [0.05, 0.1) is 4.90 Å². The summed E-state index contributed by atoms with van der Waals surface area (Å²) in [5, 5.41) is 0. The highest BCUT2D eigenvalue weighted by Crippen LogP contribution is 2.12. The third-order valence-corrected chi connectivity index (χ3v) is 4.35. The molecule has 0 bridgehead atoms. The third kappa shape index (κ3) is 4.47. The van der Waals surface area contributed by atoms with E-state index in [-0.39, 0.29) is 18.0 Å². The van der Waals surface area contributed by atoms with Crippen molar-refractivity contribution in [2.75, 3.05) is 18.9 Å². The molecule has 0 heterocycles. The fraction of sp³-hybridized carbons (Fsp3) is 0.200. The Morgan fingerprint density at radius 3 is 2.29 bits per heavy atom. The lowest BCUT2D eigenvalue weighted by Crippen LogP contribution is -2.28. The van der Waals surface area contributed by atoms with E-state index >= 15 is 0 Å². The van der Waals surface area contributed by atoms with E-state index in [2.05, 4.69) is 4.72 Å². The fourth-order valence-corrected chi connectivity index (χ4v) is 2.72. The van der Waals surface area contributed by atoms with Crippen molar-refractivity contribution in [1.29, 1.82) is 0 Å². The van der Waals surface area contributed by atoms with Gasteiger partial charge < -0.3 is 10.5 Å². The largest absolute Gasteiger partial charge is 0.492 e. The lowest BCUT2D eigenvalue weighted by atomic mass is 10.2. The van der Waals surface area contributed by atoms with Crippen LogP contribution < -0.4 is 15.2 Å². The van der Waals surface area contributed by atoms with Crippen LogP contribution in [0, 0.1) is 6.92 Å². The molecule has 2 aromatic carbocycles. The maximum atomic E-state index is 12.0. The molecular formula is C15H18N2O3S. The van der Waals surface area contributed by atoms with E-state index in [1.54, 1.807) is 12.1 Å². The second kappa shape index (κ2) is 6.60. The van der Waals surface area contributed by atoms with Crippen LogP contribution in [0.1, 0.15) is 5.56 Å². The Bertz CT molecular complexity index is 680. The van der Waals surface area contributed by atoms with E-state index in [0.29, 0.717) is 11.4 Å². The molecule has 0 saturated carbocycles. The molecule has 0 atom stereocenters. The molecule has 21 heavy (non-hydrogen) atoms. The smallest absolute Gasteiger partial charge is 0.240 e. The van der Waals surface area contributed by atoms with Gasteiger partial charge in [0, 0.05) is 12.2 Å². The maximum absolute atomic E-state index is 12.0. The fourth-order valence-electron chi connectivity index (χ4n) is 1.71. The number of hydrogen-bond donors (Lipinski definition) is 2. The minimum absolute atomic E-state index is 0.187. The molecule has 112 valence electrons. The van der Waals surface area contributed by atoms with Crippen molar-refractivity contribution in [2.45, 2.75) is 11.8 Å². The SMILES string of the molecule is Cc1ccc(OCCNS(=O)(=O)c2ccc(N)cc2)cc1. The summed E-state index contributed by atoms with van der Waals surface area (Å²) in [6.45, 7) is 2.45. The zero-order valence-corrected chi connectivity index (χ0v) is 12.6. The van der Waals surface area contributed by atoms with E-state index in [0.717, 1.165) is 5.56 Å². The Hall–Kier alpha value is -2.05. The Morgan fingerprint density at radius 2 is 1.67 bits per heavy atom. The number of ether oxygens (including phenoxy) is 1. The van der Waals surface area contributed by atoms with E-state index in [9.17, 15) is 8.42 Å². The second-order valence-corrected chi connectivity index (χ2v) is 6.40. The van der Waals surface area contributed by atoms with Crippen molar-refractivity contribution in [3.63, 3.8) is 0 Å². The molecule has 0 aliphatic carbocycles. The predicted octanol–water partition coefficient (Wildman–Crippen LogP) is 1.93. The van der Waals surface area contributed by atoms with Gasteiger partial charge in [-0.05, 0) is 43.3 Å². The number of anilines is 1. The number of rotatable bonds is 6. The van der Waals surface area contributed by atoms with Crippen molar-refractivity contribution >= 4 is 15.7 Å². The summed E-state index contributed by atoms with van der Waals surface area (Å²) >= 11 is 0. The second-order valence-electron chi connectivity index (χ2n) is 4.63. The van der Waals surface area contributed by atoms with Crippen LogP contribution in [-0.2, 0) is 10.0 Å². The maximum Gasteiger partial charge on any atom is 0.240 e. The van der Waals surface area contributed by atoms with Gasteiger partial charge >= 0.3 is 0 Å². The lowest BCUT2D eigenvalue weighted by molar-refractivity contribution is 0.323. The minimum atomic E-state index is -3.52. The summed E-state index contributed by atoms with van der Waals surface area (Å²) < 4.78 is 31.9. The molecule has 0 unspecified atom stereocenters. The standard InChI is InChI=1S/C15H18N2O3S/c1-12-2-6-14(7-3-12)20-11-10-17-21(18,19)15-8-4-13(16)5-9-15/h2-9,17H,10-11,16H2,1H3. The van der Waals surface area contributed by atoms with Gasteiger partial charge in [-0.15, -0.1) is 0 Å². The van der Waals surface area contributed by atoms with Crippen LogP contribution in [-0.4, -0.2) is 21.6 Å². The highest BCUT2D eigenvalue weighted by Gasteiger charge is 2.12. The Kier molecular flexibility index (Phi) is 4.82. The summed E-state index contributed by atoms with van der Waals surface area (Å²) in [7, 11) is -3.52. The molecule has 0 radical (unpaired) electrons. The highest BCUT2D eigenvalue weighted by molar-refractivity contribution is 7.89.